The number of carbonyl (C=O) groups excluding carboxylic acids is 2. The number of hydrogen-bond donors (Lipinski definition) is 1. The molecule has 0 radical (unpaired) electrons. The van der Waals surface area contributed by atoms with Crippen molar-refractivity contribution in [3.05, 3.63) is 0 Å². The number of amides is 1. The third kappa shape index (κ3) is 2.89. The third-order valence-corrected chi connectivity index (χ3v) is 4.90. The fourth-order valence-corrected chi connectivity index (χ4v) is 3.52. The fraction of sp³-hybridized carbons (Fsp3) is 0.800. The molecule has 1 N–H and O–H groups in total. The molecule has 21 heavy (non-hydrogen) atoms. The van der Waals surface area contributed by atoms with Crippen LogP contribution in [0.2, 0.25) is 0 Å². The zero-order chi connectivity index (χ0) is 15.8. The van der Waals surface area contributed by atoms with E-state index in [0.29, 0.717) is 6.54 Å². The number of carboxylic acid groups (broad SMARTS) is 1. The Morgan fingerprint density at radius 3 is 2.43 bits per heavy atom. The summed E-state index contributed by atoms with van der Waals surface area (Å²) < 4.78 is 4.69. The van der Waals surface area contributed by atoms with Gasteiger partial charge < -0.3 is 14.7 Å². The number of piperidine rings is 1. The van der Waals surface area contributed by atoms with Gasteiger partial charge in [-0.15, -0.1) is 0 Å². The maximum Gasteiger partial charge on any atom is 0.307 e. The Hall–Kier alpha value is -1.59. The van der Waals surface area contributed by atoms with Crippen molar-refractivity contribution in [2.24, 2.45) is 17.3 Å². The first-order valence-corrected chi connectivity index (χ1v) is 7.40. The van der Waals surface area contributed by atoms with Crippen LogP contribution in [0.4, 0.5) is 0 Å². The number of ether oxygens (including phenoxy) is 1. The average Bonchev–Trinajstić information content (AvgIpc) is 3.01. The van der Waals surface area contributed by atoms with Crippen molar-refractivity contribution >= 4 is 17.8 Å². The number of aliphatic carboxylic acids is 1. The first-order chi connectivity index (χ1) is 9.80. The molecule has 1 saturated carbocycles. The topological polar surface area (TPSA) is 83.9 Å². The lowest BCUT2D eigenvalue weighted by Gasteiger charge is -2.35. The van der Waals surface area contributed by atoms with Gasteiger partial charge in [0.1, 0.15) is 0 Å². The molecular weight excluding hydrogens is 274 g/mol. The Morgan fingerprint density at radius 2 is 1.90 bits per heavy atom. The summed E-state index contributed by atoms with van der Waals surface area (Å²) in [5, 5.41) is 9.21. The molecule has 0 spiro atoms. The SMILES string of the molecule is COC(=O)CC1CCCCN1C(=O)[C@H]1[C@@H](C(=O)O)C1(C)C. The van der Waals surface area contributed by atoms with E-state index in [-0.39, 0.29) is 24.3 Å². The van der Waals surface area contributed by atoms with E-state index in [9.17, 15) is 19.5 Å². The van der Waals surface area contributed by atoms with Gasteiger partial charge in [-0.3, -0.25) is 14.4 Å². The quantitative estimate of drug-likeness (QED) is 0.790. The summed E-state index contributed by atoms with van der Waals surface area (Å²) in [7, 11) is 1.34. The van der Waals surface area contributed by atoms with Crippen molar-refractivity contribution < 1.29 is 24.2 Å². The molecule has 3 atom stereocenters. The summed E-state index contributed by atoms with van der Waals surface area (Å²) in [6.45, 7) is 4.22. The van der Waals surface area contributed by atoms with E-state index in [1.165, 1.54) is 7.11 Å². The molecule has 1 heterocycles. The number of hydrogen-bond acceptors (Lipinski definition) is 4. The van der Waals surface area contributed by atoms with Crippen LogP contribution in [-0.4, -0.2) is 47.5 Å². The van der Waals surface area contributed by atoms with Gasteiger partial charge >= 0.3 is 11.9 Å². The molecule has 6 nitrogen and oxygen atoms in total. The zero-order valence-electron chi connectivity index (χ0n) is 12.8. The maximum absolute atomic E-state index is 12.7. The molecule has 1 aliphatic heterocycles. The van der Waals surface area contributed by atoms with E-state index < -0.39 is 23.2 Å². The van der Waals surface area contributed by atoms with E-state index in [4.69, 9.17) is 0 Å². The minimum absolute atomic E-state index is 0.124. The molecule has 0 aromatic rings. The molecule has 1 unspecified atom stereocenters. The number of esters is 1. The van der Waals surface area contributed by atoms with Crippen LogP contribution < -0.4 is 0 Å². The van der Waals surface area contributed by atoms with Crippen LogP contribution in [0, 0.1) is 17.3 Å². The third-order valence-electron chi connectivity index (χ3n) is 4.90. The summed E-state index contributed by atoms with van der Waals surface area (Å²) in [5.41, 5.74) is -0.504. The molecular formula is C15H23NO5. The van der Waals surface area contributed by atoms with E-state index in [2.05, 4.69) is 4.74 Å². The summed E-state index contributed by atoms with van der Waals surface area (Å²) in [6, 6.07) is -0.162. The van der Waals surface area contributed by atoms with E-state index >= 15 is 0 Å². The standard InChI is InChI=1S/C15H23NO5/c1-15(2)11(12(15)14(19)20)13(18)16-7-5-4-6-9(16)8-10(17)21-3/h9,11-12H,4-8H2,1-3H3,(H,19,20)/t9?,11-,12+/m1/s1. The smallest absolute Gasteiger partial charge is 0.307 e. The lowest BCUT2D eigenvalue weighted by atomic mass is 9.98. The summed E-state index contributed by atoms with van der Waals surface area (Å²) in [4.78, 5) is 37.1. The van der Waals surface area contributed by atoms with Crippen LogP contribution in [0.25, 0.3) is 0 Å². The number of nitrogens with zero attached hydrogens (tertiary/aromatic N) is 1. The average molecular weight is 297 g/mol. The Bertz CT molecular complexity index is 459. The first-order valence-electron chi connectivity index (χ1n) is 7.40. The molecule has 118 valence electrons. The highest BCUT2D eigenvalue weighted by Crippen LogP contribution is 2.59. The van der Waals surface area contributed by atoms with Crippen molar-refractivity contribution in [1.29, 1.82) is 0 Å². The largest absolute Gasteiger partial charge is 0.481 e. The highest BCUT2D eigenvalue weighted by atomic mass is 16.5. The molecule has 0 aromatic heterocycles. The number of likely N-dealkylation sites (tertiary alicyclic amines) is 1. The summed E-state index contributed by atoms with van der Waals surface area (Å²) in [5.74, 6) is -2.47. The minimum Gasteiger partial charge on any atom is -0.481 e. The second-order valence-corrected chi connectivity index (χ2v) is 6.58. The zero-order valence-corrected chi connectivity index (χ0v) is 12.8. The molecule has 0 aromatic carbocycles. The fourth-order valence-electron chi connectivity index (χ4n) is 3.52. The monoisotopic (exact) mass is 297 g/mol. The molecule has 6 heteroatoms. The van der Waals surface area contributed by atoms with Gasteiger partial charge in [-0.1, -0.05) is 13.8 Å². The van der Waals surface area contributed by atoms with Crippen LogP contribution in [0.3, 0.4) is 0 Å². The van der Waals surface area contributed by atoms with Crippen LogP contribution in [0.5, 0.6) is 0 Å². The Labute approximate surface area is 124 Å². The highest BCUT2D eigenvalue weighted by Gasteiger charge is 2.66. The van der Waals surface area contributed by atoms with E-state index in [0.717, 1.165) is 19.3 Å². The number of rotatable bonds is 4. The van der Waals surface area contributed by atoms with Crippen LogP contribution >= 0.6 is 0 Å². The van der Waals surface area contributed by atoms with Crippen molar-refractivity contribution in [1.82, 2.24) is 4.90 Å². The van der Waals surface area contributed by atoms with Gasteiger partial charge in [-0.25, -0.2) is 0 Å². The summed E-state index contributed by atoms with van der Waals surface area (Å²) in [6.07, 6.45) is 2.83. The predicted octanol–water partition coefficient (Wildman–Crippen LogP) is 1.29. The lowest BCUT2D eigenvalue weighted by Crippen LogP contribution is -2.46. The second-order valence-electron chi connectivity index (χ2n) is 6.58. The van der Waals surface area contributed by atoms with E-state index in [1.54, 1.807) is 4.90 Å². The lowest BCUT2D eigenvalue weighted by molar-refractivity contribution is -0.147. The Balaban J connectivity index is 2.09. The molecule has 1 saturated heterocycles. The molecule has 2 aliphatic rings. The number of carbonyl (C=O) groups is 3. The number of methoxy groups -OCH3 is 1. The maximum atomic E-state index is 12.7. The second kappa shape index (κ2) is 5.66. The molecule has 2 fully saturated rings. The van der Waals surface area contributed by atoms with Crippen molar-refractivity contribution in [3.8, 4) is 0 Å². The highest BCUT2D eigenvalue weighted by molar-refractivity contribution is 5.92. The predicted molar refractivity (Wildman–Crippen MR) is 74.4 cm³/mol. The molecule has 0 bridgehead atoms. The molecule has 2 rings (SSSR count). The van der Waals surface area contributed by atoms with Gasteiger partial charge in [-0.05, 0) is 24.7 Å². The van der Waals surface area contributed by atoms with Crippen molar-refractivity contribution in [2.45, 2.75) is 45.6 Å². The Morgan fingerprint density at radius 1 is 1.24 bits per heavy atom. The Kier molecular flexibility index (Phi) is 4.25. The van der Waals surface area contributed by atoms with Crippen LogP contribution in [0.15, 0.2) is 0 Å². The van der Waals surface area contributed by atoms with Crippen molar-refractivity contribution in [3.63, 3.8) is 0 Å². The van der Waals surface area contributed by atoms with E-state index in [1.807, 2.05) is 13.8 Å². The van der Waals surface area contributed by atoms with Crippen LogP contribution in [0.1, 0.15) is 39.5 Å². The normalized spacial score (nSPS) is 30.6. The van der Waals surface area contributed by atoms with Gasteiger partial charge in [0.25, 0.3) is 0 Å². The van der Waals surface area contributed by atoms with Gasteiger partial charge in [0, 0.05) is 12.6 Å². The molecule has 1 aliphatic carbocycles. The molecule has 1 amide bonds. The van der Waals surface area contributed by atoms with Gasteiger partial charge in [0.05, 0.1) is 25.4 Å². The van der Waals surface area contributed by atoms with Crippen LogP contribution in [-0.2, 0) is 19.1 Å². The van der Waals surface area contributed by atoms with Gasteiger partial charge in [-0.2, -0.15) is 0 Å². The van der Waals surface area contributed by atoms with Crippen molar-refractivity contribution in [2.75, 3.05) is 13.7 Å². The van der Waals surface area contributed by atoms with Gasteiger partial charge in [0.2, 0.25) is 5.91 Å². The summed E-state index contributed by atoms with van der Waals surface area (Å²) >= 11 is 0. The first kappa shape index (κ1) is 15.8. The minimum atomic E-state index is -0.917. The van der Waals surface area contributed by atoms with Gasteiger partial charge in [0.15, 0.2) is 0 Å². The number of carboxylic acids is 1.